The molecule has 1 aromatic heterocycles. The number of hydrogen-bond donors (Lipinski definition) is 1. The molecule has 0 bridgehead atoms. The van der Waals surface area contributed by atoms with Crippen LogP contribution in [0, 0.1) is 0 Å². The number of hydrogen-bond acceptors (Lipinski definition) is 8. The minimum Gasteiger partial charge on any atom is -0.464 e. The summed E-state index contributed by atoms with van der Waals surface area (Å²) in [6.07, 6.45) is 1.25. The number of aromatic nitrogens is 3. The Morgan fingerprint density at radius 1 is 1.46 bits per heavy atom. The van der Waals surface area contributed by atoms with Crippen molar-refractivity contribution in [2.75, 3.05) is 26.9 Å². The van der Waals surface area contributed by atoms with Crippen molar-refractivity contribution in [3.05, 3.63) is 24.5 Å². The molecule has 10 nitrogen and oxygen atoms in total. The third kappa shape index (κ3) is 3.10. The summed E-state index contributed by atoms with van der Waals surface area (Å²) in [6.45, 7) is 4.37. The highest BCUT2D eigenvalue weighted by atomic mass is 16.6. The van der Waals surface area contributed by atoms with Crippen molar-refractivity contribution < 1.29 is 28.5 Å². The topological polar surface area (TPSA) is 114 Å². The van der Waals surface area contributed by atoms with Crippen LogP contribution >= 0.6 is 0 Å². The van der Waals surface area contributed by atoms with Crippen molar-refractivity contribution in [2.45, 2.75) is 24.4 Å². The Bertz CT molecular complexity index is 633. The number of nitrogens with one attached hydrogen (secondary N) is 1. The molecule has 130 valence electrons. The minimum absolute atomic E-state index is 0.107. The molecule has 0 saturated carbocycles. The van der Waals surface area contributed by atoms with E-state index < -0.39 is 24.3 Å². The minimum atomic E-state index is -0.566. The summed E-state index contributed by atoms with van der Waals surface area (Å²) in [5.74, 6) is -0.566. The standard InChI is InChI=1S/C14H18N4O6/c1-3-4-15-14(20)24-10-7-23-11-9(6-22-12(10)11)18-5-8(16-17-18)13(19)21-2/h3,5,9-12H,1,4,6-7H2,2H3,(H,15,20)/t9-,10-,11-,12+/m1/s1. The monoisotopic (exact) mass is 338 g/mol. The van der Waals surface area contributed by atoms with Crippen molar-refractivity contribution in [1.29, 1.82) is 0 Å². The Balaban J connectivity index is 1.63. The quantitative estimate of drug-likeness (QED) is 0.574. The third-order valence-electron chi connectivity index (χ3n) is 3.88. The number of nitrogens with zero attached hydrogens (tertiary/aromatic N) is 3. The van der Waals surface area contributed by atoms with Gasteiger partial charge in [0.2, 0.25) is 0 Å². The van der Waals surface area contributed by atoms with Crippen LogP contribution < -0.4 is 5.32 Å². The molecular formula is C14H18N4O6. The number of fused-ring (bicyclic) bond motifs is 1. The van der Waals surface area contributed by atoms with E-state index in [1.165, 1.54) is 18.0 Å². The first-order valence-electron chi connectivity index (χ1n) is 7.42. The SMILES string of the molecule is C=CCNC(=O)O[C@@H]1CO[C@H]2[C@H]1OC[C@H]2n1cc(C(=O)OC)nn1. The highest BCUT2D eigenvalue weighted by molar-refractivity contribution is 5.86. The van der Waals surface area contributed by atoms with Crippen LogP contribution in [0.15, 0.2) is 18.9 Å². The summed E-state index contributed by atoms with van der Waals surface area (Å²) in [5.41, 5.74) is 0.107. The molecule has 2 aliphatic heterocycles. The van der Waals surface area contributed by atoms with Gasteiger partial charge in [-0.25, -0.2) is 14.3 Å². The van der Waals surface area contributed by atoms with E-state index in [0.29, 0.717) is 13.2 Å². The third-order valence-corrected chi connectivity index (χ3v) is 3.88. The van der Waals surface area contributed by atoms with Crippen LogP contribution in [0.4, 0.5) is 4.79 Å². The highest BCUT2D eigenvalue weighted by Crippen LogP contribution is 2.35. The Morgan fingerprint density at radius 2 is 2.25 bits per heavy atom. The largest absolute Gasteiger partial charge is 0.464 e. The molecule has 1 aromatic rings. The zero-order chi connectivity index (χ0) is 17.1. The average Bonchev–Trinajstić information content (AvgIpc) is 3.29. The Morgan fingerprint density at radius 3 is 3.00 bits per heavy atom. The second kappa shape index (κ2) is 6.97. The van der Waals surface area contributed by atoms with Crippen molar-refractivity contribution in [3.8, 4) is 0 Å². The van der Waals surface area contributed by atoms with E-state index in [9.17, 15) is 9.59 Å². The smallest absolute Gasteiger partial charge is 0.407 e. The summed E-state index contributed by atoms with van der Waals surface area (Å²) in [5, 5.41) is 10.2. The van der Waals surface area contributed by atoms with Gasteiger partial charge in [-0.05, 0) is 0 Å². The first kappa shape index (κ1) is 16.4. The molecule has 10 heteroatoms. The lowest BCUT2D eigenvalue weighted by Crippen LogP contribution is -2.37. The molecule has 2 aliphatic rings. The van der Waals surface area contributed by atoms with Gasteiger partial charge in [-0.3, -0.25) is 0 Å². The number of carbonyl (C=O) groups excluding carboxylic acids is 2. The van der Waals surface area contributed by atoms with Crippen molar-refractivity contribution in [1.82, 2.24) is 20.3 Å². The maximum Gasteiger partial charge on any atom is 0.407 e. The molecule has 2 fully saturated rings. The zero-order valence-corrected chi connectivity index (χ0v) is 13.1. The van der Waals surface area contributed by atoms with Gasteiger partial charge in [0.25, 0.3) is 0 Å². The molecular weight excluding hydrogens is 320 g/mol. The Hall–Kier alpha value is -2.46. The molecule has 24 heavy (non-hydrogen) atoms. The molecule has 0 unspecified atom stereocenters. The van der Waals surface area contributed by atoms with E-state index in [-0.39, 0.29) is 24.4 Å². The van der Waals surface area contributed by atoms with Crippen molar-refractivity contribution in [2.24, 2.45) is 0 Å². The second-order valence-corrected chi connectivity index (χ2v) is 5.35. The van der Waals surface area contributed by atoms with E-state index in [2.05, 4.69) is 26.9 Å². The number of methoxy groups -OCH3 is 1. The summed E-state index contributed by atoms with van der Waals surface area (Å²) < 4.78 is 22.8. The molecule has 1 amide bonds. The lowest BCUT2D eigenvalue weighted by Gasteiger charge is -2.17. The van der Waals surface area contributed by atoms with E-state index in [0.717, 1.165) is 0 Å². The van der Waals surface area contributed by atoms with E-state index >= 15 is 0 Å². The highest BCUT2D eigenvalue weighted by Gasteiger charge is 2.50. The van der Waals surface area contributed by atoms with Crippen LogP contribution in [-0.2, 0) is 18.9 Å². The molecule has 2 saturated heterocycles. The fourth-order valence-corrected chi connectivity index (χ4v) is 2.74. The first-order valence-corrected chi connectivity index (χ1v) is 7.42. The van der Waals surface area contributed by atoms with Gasteiger partial charge in [-0.1, -0.05) is 11.3 Å². The van der Waals surface area contributed by atoms with Crippen molar-refractivity contribution in [3.63, 3.8) is 0 Å². The predicted molar refractivity (Wildman–Crippen MR) is 78.3 cm³/mol. The number of amides is 1. The summed E-state index contributed by atoms with van der Waals surface area (Å²) >= 11 is 0. The first-order chi connectivity index (χ1) is 11.6. The zero-order valence-electron chi connectivity index (χ0n) is 13.1. The van der Waals surface area contributed by atoms with Gasteiger partial charge in [-0.2, -0.15) is 0 Å². The fourth-order valence-electron chi connectivity index (χ4n) is 2.74. The number of esters is 1. The Kier molecular flexibility index (Phi) is 4.76. The van der Waals surface area contributed by atoms with E-state index in [1.807, 2.05) is 0 Å². The molecule has 4 atom stereocenters. The fraction of sp³-hybridized carbons (Fsp3) is 0.571. The van der Waals surface area contributed by atoms with Gasteiger partial charge in [0.15, 0.2) is 11.8 Å². The van der Waals surface area contributed by atoms with E-state index in [4.69, 9.17) is 14.2 Å². The molecule has 0 aliphatic carbocycles. The van der Waals surface area contributed by atoms with Crippen LogP contribution in [0.3, 0.4) is 0 Å². The average molecular weight is 338 g/mol. The van der Waals surface area contributed by atoms with Crippen LogP contribution in [0.25, 0.3) is 0 Å². The number of rotatable bonds is 5. The maximum absolute atomic E-state index is 11.6. The van der Waals surface area contributed by atoms with Crippen LogP contribution in [0.5, 0.6) is 0 Å². The molecule has 0 aromatic carbocycles. The van der Waals surface area contributed by atoms with Gasteiger partial charge < -0.3 is 24.3 Å². The van der Waals surface area contributed by atoms with Gasteiger partial charge >= 0.3 is 12.1 Å². The Labute approximate surface area is 137 Å². The molecule has 1 N–H and O–H groups in total. The summed E-state index contributed by atoms with van der Waals surface area (Å²) in [6, 6.07) is -0.259. The van der Waals surface area contributed by atoms with Crippen LogP contribution in [0.2, 0.25) is 0 Å². The van der Waals surface area contributed by atoms with Crippen LogP contribution in [0.1, 0.15) is 16.5 Å². The normalized spacial score (nSPS) is 28.2. The number of carbonyl (C=O) groups is 2. The van der Waals surface area contributed by atoms with Crippen LogP contribution in [-0.4, -0.2) is 72.2 Å². The van der Waals surface area contributed by atoms with Gasteiger partial charge in [0, 0.05) is 6.54 Å². The number of ether oxygens (including phenoxy) is 4. The lowest BCUT2D eigenvalue weighted by atomic mass is 10.1. The lowest BCUT2D eigenvalue weighted by molar-refractivity contribution is 0.00330. The predicted octanol–water partition coefficient (Wildman–Crippen LogP) is -0.316. The van der Waals surface area contributed by atoms with E-state index in [1.54, 1.807) is 6.08 Å². The molecule has 0 radical (unpaired) electrons. The summed E-state index contributed by atoms with van der Waals surface area (Å²) in [7, 11) is 1.27. The summed E-state index contributed by atoms with van der Waals surface area (Å²) in [4.78, 5) is 23.1. The van der Waals surface area contributed by atoms with Gasteiger partial charge in [-0.15, -0.1) is 11.7 Å². The molecule has 3 rings (SSSR count). The van der Waals surface area contributed by atoms with Crippen molar-refractivity contribution >= 4 is 12.1 Å². The molecule has 0 spiro atoms. The molecule has 3 heterocycles. The van der Waals surface area contributed by atoms with Gasteiger partial charge in [0.05, 0.1) is 26.5 Å². The number of alkyl carbamates (subject to hydrolysis) is 1. The van der Waals surface area contributed by atoms with Gasteiger partial charge in [0.1, 0.15) is 18.2 Å². The maximum atomic E-state index is 11.6. The second-order valence-electron chi connectivity index (χ2n) is 5.35.